The summed E-state index contributed by atoms with van der Waals surface area (Å²) in [7, 11) is 0. The minimum atomic E-state index is 0.216. The molecule has 0 radical (unpaired) electrons. The molecule has 0 spiro atoms. The second-order valence-electron chi connectivity index (χ2n) is 5.10. The maximum atomic E-state index is 4.38. The van der Waals surface area contributed by atoms with Gasteiger partial charge >= 0.3 is 0 Å². The molecule has 0 heterocycles. The average Bonchev–Trinajstić information content (AvgIpc) is 2.35. The van der Waals surface area contributed by atoms with Gasteiger partial charge in [0, 0.05) is 11.9 Å². The van der Waals surface area contributed by atoms with Crippen LogP contribution in [0.15, 0.2) is 47.6 Å². The predicted molar refractivity (Wildman–Crippen MR) is 76.6 cm³/mol. The molecule has 1 nitrogen and oxygen atoms in total. The van der Waals surface area contributed by atoms with Gasteiger partial charge in [0.1, 0.15) is 0 Å². The van der Waals surface area contributed by atoms with Crippen LogP contribution in [0.2, 0.25) is 0 Å². The van der Waals surface area contributed by atoms with Gasteiger partial charge in [-0.25, -0.2) is 0 Å². The Morgan fingerprint density at radius 1 is 1.24 bits per heavy atom. The van der Waals surface area contributed by atoms with E-state index in [1.807, 2.05) is 19.2 Å². The zero-order valence-electron chi connectivity index (χ0n) is 11.4. The first-order valence-electron chi connectivity index (χ1n) is 6.26. The molecule has 1 rings (SSSR count). The van der Waals surface area contributed by atoms with Crippen LogP contribution in [0, 0.1) is 0 Å². The number of rotatable bonds is 5. The van der Waals surface area contributed by atoms with Gasteiger partial charge in [0.05, 0.1) is 0 Å². The van der Waals surface area contributed by atoms with Crippen LogP contribution in [0.3, 0.4) is 0 Å². The lowest BCUT2D eigenvalue weighted by atomic mass is 9.80. The smallest absolute Gasteiger partial charge is 0.0224 e. The lowest BCUT2D eigenvalue weighted by Crippen LogP contribution is -2.18. The zero-order valence-corrected chi connectivity index (χ0v) is 11.4. The fourth-order valence-corrected chi connectivity index (χ4v) is 1.79. The SMILES string of the molecule is C/C=C\N=C(/C)CCC(C)(C)c1ccccc1. The highest BCUT2D eigenvalue weighted by molar-refractivity contribution is 5.82. The molecule has 92 valence electrons. The maximum absolute atomic E-state index is 4.38. The monoisotopic (exact) mass is 229 g/mol. The second-order valence-corrected chi connectivity index (χ2v) is 5.10. The topological polar surface area (TPSA) is 12.4 Å². The highest BCUT2D eigenvalue weighted by Gasteiger charge is 2.19. The Balaban J connectivity index is 2.62. The molecule has 1 aromatic carbocycles. The molecule has 0 saturated heterocycles. The van der Waals surface area contributed by atoms with Crippen LogP contribution < -0.4 is 0 Å². The molecule has 17 heavy (non-hydrogen) atoms. The van der Waals surface area contributed by atoms with Crippen molar-refractivity contribution in [3.8, 4) is 0 Å². The first-order chi connectivity index (χ1) is 8.06. The van der Waals surface area contributed by atoms with Gasteiger partial charge in [-0.1, -0.05) is 50.3 Å². The van der Waals surface area contributed by atoms with E-state index in [1.165, 1.54) is 11.3 Å². The Morgan fingerprint density at radius 3 is 2.47 bits per heavy atom. The molecule has 0 atom stereocenters. The summed E-state index contributed by atoms with van der Waals surface area (Å²) < 4.78 is 0. The number of allylic oxidation sites excluding steroid dienone is 1. The number of benzene rings is 1. The fourth-order valence-electron chi connectivity index (χ4n) is 1.79. The second kappa shape index (κ2) is 6.39. The summed E-state index contributed by atoms with van der Waals surface area (Å²) in [5.41, 5.74) is 2.82. The predicted octanol–water partition coefficient (Wildman–Crippen LogP) is 4.74. The van der Waals surface area contributed by atoms with Crippen LogP contribution in [0.1, 0.15) is 46.1 Å². The third-order valence-electron chi connectivity index (χ3n) is 3.11. The third-order valence-corrected chi connectivity index (χ3v) is 3.11. The Labute approximate surface area is 105 Å². The minimum absolute atomic E-state index is 0.216. The summed E-state index contributed by atoms with van der Waals surface area (Å²) in [6.45, 7) is 8.68. The fraction of sp³-hybridized carbons (Fsp3) is 0.438. The van der Waals surface area contributed by atoms with Gasteiger partial charge in [-0.3, -0.25) is 4.99 Å². The summed E-state index contributed by atoms with van der Waals surface area (Å²) in [4.78, 5) is 4.38. The van der Waals surface area contributed by atoms with Gasteiger partial charge in [0.15, 0.2) is 0 Å². The van der Waals surface area contributed by atoms with E-state index in [-0.39, 0.29) is 5.41 Å². The Hall–Kier alpha value is -1.37. The van der Waals surface area contributed by atoms with Crippen LogP contribution in [-0.2, 0) is 5.41 Å². The molecular weight excluding hydrogens is 206 g/mol. The summed E-state index contributed by atoms with van der Waals surface area (Å²) in [6.07, 6.45) is 6.01. The molecule has 0 saturated carbocycles. The van der Waals surface area contributed by atoms with Crippen molar-refractivity contribution in [2.45, 2.75) is 46.0 Å². The molecule has 0 aliphatic rings. The van der Waals surface area contributed by atoms with Gasteiger partial charge in [-0.15, -0.1) is 0 Å². The van der Waals surface area contributed by atoms with Crippen LogP contribution in [0.4, 0.5) is 0 Å². The summed E-state index contributed by atoms with van der Waals surface area (Å²) >= 11 is 0. The van der Waals surface area contributed by atoms with E-state index in [0.717, 1.165) is 12.8 Å². The highest BCUT2D eigenvalue weighted by atomic mass is 14.7. The molecule has 0 unspecified atom stereocenters. The van der Waals surface area contributed by atoms with Gasteiger partial charge in [-0.2, -0.15) is 0 Å². The van der Waals surface area contributed by atoms with Crippen LogP contribution >= 0.6 is 0 Å². The molecule has 0 amide bonds. The van der Waals surface area contributed by atoms with Crippen LogP contribution in [-0.4, -0.2) is 5.71 Å². The van der Waals surface area contributed by atoms with Crippen molar-refractivity contribution in [1.29, 1.82) is 0 Å². The van der Waals surface area contributed by atoms with E-state index in [2.05, 4.69) is 56.1 Å². The van der Waals surface area contributed by atoms with Crippen LogP contribution in [0.5, 0.6) is 0 Å². The van der Waals surface area contributed by atoms with Gasteiger partial charge < -0.3 is 0 Å². The largest absolute Gasteiger partial charge is 0.266 e. The molecule has 1 aromatic rings. The van der Waals surface area contributed by atoms with E-state index in [9.17, 15) is 0 Å². The van der Waals surface area contributed by atoms with Crippen molar-refractivity contribution in [3.63, 3.8) is 0 Å². The summed E-state index contributed by atoms with van der Waals surface area (Å²) in [5.74, 6) is 0. The Bertz CT molecular complexity index is 385. The third kappa shape index (κ3) is 4.56. The van der Waals surface area contributed by atoms with Crippen LogP contribution in [0.25, 0.3) is 0 Å². The first-order valence-corrected chi connectivity index (χ1v) is 6.26. The molecule has 0 N–H and O–H groups in total. The van der Waals surface area contributed by atoms with Crippen molar-refractivity contribution in [3.05, 3.63) is 48.2 Å². The van der Waals surface area contributed by atoms with E-state index in [4.69, 9.17) is 0 Å². The Morgan fingerprint density at radius 2 is 1.88 bits per heavy atom. The lowest BCUT2D eigenvalue weighted by Gasteiger charge is -2.25. The number of nitrogens with zero attached hydrogens (tertiary/aromatic N) is 1. The zero-order chi connectivity index (χ0) is 12.7. The van der Waals surface area contributed by atoms with E-state index in [1.54, 1.807) is 0 Å². The van der Waals surface area contributed by atoms with Gasteiger partial charge in [-0.05, 0) is 37.7 Å². The van der Waals surface area contributed by atoms with Gasteiger partial charge in [0.25, 0.3) is 0 Å². The standard InChI is InChI=1S/C16H23N/c1-5-13-17-14(2)11-12-16(3,4)15-9-7-6-8-10-15/h5-10,13H,11-12H2,1-4H3/b13-5-,17-14+. The minimum Gasteiger partial charge on any atom is -0.266 e. The van der Waals surface area contributed by atoms with Crippen molar-refractivity contribution in [2.24, 2.45) is 4.99 Å². The quantitative estimate of drug-likeness (QED) is 0.647. The van der Waals surface area contributed by atoms with Crippen molar-refractivity contribution in [1.82, 2.24) is 0 Å². The Kier molecular flexibility index (Phi) is 5.14. The van der Waals surface area contributed by atoms with Crippen molar-refractivity contribution in [2.75, 3.05) is 0 Å². The lowest BCUT2D eigenvalue weighted by molar-refractivity contribution is 0.490. The van der Waals surface area contributed by atoms with E-state index >= 15 is 0 Å². The molecule has 0 aromatic heterocycles. The highest BCUT2D eigenvalue weighted by Crippen LogP contribution is 2.28. The molecule has 0 aliphatic heterocycles. The first kappa shape index (κ1) is 13.7. The molecular formula is C16H23N. The van der Waals surface area contributed by atoms with Crippen molar-refractivity contribution >= 4 is 5.71 Å². The van der Waals surface area contributed by atoms with E-state index in [0.29, 0.717) is 0 Å². The normalized spacial score (nSPS) is 13.3. The van der Waals surface area contributed by atoms with Crippen molar-refractivity contribution < 1.29 is 0 Å². The summed E-state index contributed by atoms with van der Waals surface area (Å²) in [6, 6.07) is 10.7. The number of hydrogen-bond acceptors (Lipinski definition) is 1. The van der Waals surface area contributed by atoms with Gasteiger partial charge in [0.2, 0.25) is 0 Å². The molecule has 0 bridgehead atoms. The average molecular weight is 229 g/mol. The number of aliphatic imine (C=N–C) groups is 1. The molecule has 0 aliphatic carbocycles. The summed E-state index contributed by atoms with van der Waals surface area (Å²) in [5, 5.41) is 0. The number of hydrogen-bond donors (Lipinski definition) is 0. The maximum Gasteiger partial charge on any atom is 0.0224 e. The molecule has 1 heteroatoms. The molecule has 0 fully saturated rings. The van der Waals surface area contributed by atoms with E-state index < -0.39 is 0 Å².